The molecule has 0 saturated carbocycles. The van der Waals surface area contributed by atoms with Crippen molar-refractivity contribution in [2.45, 2.75) is 40.0 Å². The van der Waals surface area contributed by atoms with Gasteiger partial charge in [-0.15, -0.1) is 60.3 Å². The molecule has 12 rings (SSSR count). The van der Waals surface area contributed by atoms with E-state index in [9.17, 15) is 0 Å². The number of anilines is 4. The third-order valence-electron chi connectivity index (χ3n) is 13.4. The molecule has 0 radical (unpaired) electrons. The van der Waals surface area contributed by atoms with Crippen LogP contribution in [-0.4, -0.2) is 24.5 Å². The van der Waals surface area contributed by atoms with Crippen LogP contribution in [0.2, 0.25) is 0 Å². The summed E-state index contributed by atoms with van der Waals surface area (Å²) in [5.41, 5.74) is 16.3. The fourth-order valence-corrected chi connectivity index (χ4v) is 9.88. The number of nitrogens with zero attached hydrogens (tertiary/aromatic N) is 7. The maximum atomic E-state index is 5.28. The molecule has 7 nitrogen and oxygen atoms in total. The predicted molar refractivity (Wildman–Crippen MR) is 286 cm³/mol. The molecule has 71 heavy (non-hydrogen) atoms. The van der Waals surface area contributed by atoms with Crippen molar-refractivity contribution in [2.75, 3.05) is 9.80 Å². The van der Waals surface area contributed by atoms with Gasteiger partial charge in [-0.25, -0.2) is 4.98 Å². The monoisotopic (exact) mass is 1100 g/mol. The van der Waals surface area contributed by atoms with E-state index in [1.165, 1.54) is 5.56 Å². The largest absolute Gasteiger partial charge is 0.488 e. The van der Waals surface area contributed by atoms with Gasteiger partial charge in [0.15, 0.2) is 0 Å². The molecule has 0 N–H and O–H groups in total. The second-order valence-corrected chi connectivity index (χ2v) is 18.9. The topological polar surface area (TPSA) is 63.0 Å². The summed E-state index contributed by atoms with van der Waals surface area (Å²) in [5.74, 6) is 2.47. The number of fused-ring (bicyclic) bond motifs is 4. The van der Waals surface area contributed by atoms with E-state index in [1.54, 1.807) is 0 Å². The van der Waals surface area contributed by atoms with Gasteiger partial charge in [0.2, 0.25) is 0 Å². The van der Waals surface area contributed by atoms with E-state index in [1.807, 2.05) is 12.3 Å². The second kappa shape index (κ2) is 18.4. The predicted octanol–water partition coefficient (Wildman–Crippen LogP) is 15.6. The Kier molecular flexibility index (Phi) is 11.8. The summed E-state index contributed by atoms with van der Waals surface area (Å²) >= 11 is 0. The van der Waals surface area contributed by atoms with Crippen molar-refractivity contribution >= 4 is 44.6 Å². The third kappa shape index (κ3) is 8.20. The molecule has 8 heteroatoms. The number of aryl methyl sites for hydroxylation is 2. The van der Waals surface area contributed by atoms with E-state index in [0.29, 0.717) is 17.5 Å². The van der Waals surface area contributed by atoms with E-state index in [4.69, 9.17) is 19.9 Å². The molecular formula is C63H48N7Pt-3. The number of hydrogen-bond donors (Lipinski definition) is 0. The van der Waals surface area contributed by atoms with Crippen LogP contribution >= 0.6 is 0 Å². The van der Waals surface area contributed by atoms with Crippen LogP contribution in [0.3, 0.4) is 0 Å². The molecule has 8 aromatic carbocycles. The Morgan fingerprint density at radius 2 is 1.08 bits per heavy atom. The molecule has 0 spiro atoms. The summed E-state index contributed by atoms with van der Waals surface area (Å²) in [6, 6.07) is 73.4. The summed E-state index contributed by atoms with van der Waals surface area (Å²) in [4.78, 5) is 25.3. The van der Waals surface area contributed by atoms with Crippen LogP contribution in [-0.2, 0) is 26.5 Å². The molecule has 0 bridgehead atoms. The van der Waals surface area contributed by atoms with Crippen LogP contribution in [0, 0.1) is 32.6 Å². The number of aromatic nitrogens is 5. The summed E-state index contributed by atoms with van der Waals surface area (Å²) in [6.07, 6.45) is 1.90. The van der Waals surface area contributed by atoms with Gasteiger partial charge in [-0.3, -0.25) is 9.97 Å². The van der Waals surface area contributed by atoms with Gasteiger partial charge in [0.1, 0.15) is 11.6 Å². The van der Waals surface area contributed by atoms with Crippen LogP contribution in [0.1, 0.15) is 37.5 Å². The minimum Gasteiger partial charge on any atom is -0.488 e. The average molecular weight is 1100 g/mol. The third-order valence-corrected chi connectivity index (χ3v) is 13.4. The second-order valence-electron chi connectivity index (χ2n) is 18.9. The Morgan fingerprint density at radius 1 is 0.507 bits per heavy atom. The fraction of sp³-hybridized carbons (Fsp3) is 0.0952. The van der Waals surface area contributed by atoms with Crippen molar-refractivity contribution in [1.82, 2.24) is 24.5 Å². The van der Waals surface area contributed by atoms with E-state index in [2.05, 4.69) is 250 Å². The molecule has 3 aromatic heterocycles. The van der Waals surface area contributed by atoms with Crippen molar-refractivity contribution in [3.8, 4) is 62.2 Å². The molecule has 0 fully saturated rings. The molecule has 0 amide bonds. The molecule has 4 heterocycles. The Balaban J connectivity index is 0.00000547. The van der Waals surface area contributed by atoms with Crippen molar-refractivity contribution in [3.05, 3.63) is 230 Å². The van der Waals surface area contributed by atoms with Crippen LogP contribution in [0.5, 0.6) is 0 Å². The van der Waals surface area contributed by atoms with Crippen molar-refractivity contribution in [1.29, 1.82) is 0 Å². The zero-order valence-electron chi connectivity index (χ0n) is 40.0. The first-order chi connectivity index (χ1) is 34.2. The van der Waals surface area contributed by atoms with Crippen LogP contribution < -0.4 is 9.80 Å². The van der Waals surface area contributed by atoms with Crippen molar-refractivity contribution in [3.63, 3.8) is 0 Å². The van der Waals surface area contributed by atoms with Gasteiger partial charge < -0.3 is 19.4 Å². The summed E-state index contributed by atoms with van der Waals surface area (Å²) < 4.78 is 2.21. The van der Waals surface area contributed by atoms with Gasteiger partial charge in [-0.1, -0.05) is 159 Å². The minimum atomic E-state index is -0.0553. The summed E-state index contributed by atoms with van der Waals surface area (Å²) in [6.45, 7) is 13.1. The molecule has 1 aliphatic rings. The number of pyridine rings is 1. The number of hydrogen-bond acceptors (Lipinski definition) is 6. The molecule has 348 valence electrons. The number of para-hydroxylation sites is 4. The zero-order chi connectivity index (χ0) is 47.5. The van der Waals surface area contributed by atoms with Gasteiger partial charge in [-0.2, -0.15) is 0 Å². The SMILES string of the molecule is Cc1cccc(C)c1-c1nc(-c2[c-]c(N3[CH-]N(c4c(-c5ccccc5)cccc4-c4ccccc4)c4ccccc43)ccc2)nc(-c2[c-]c3c(cc2)c2ccccc2n3-c2cc(C(C)(C)C)ccn2)n1.[Pt]. The van der Waals surface area contributed by atoms with Crippen LogP contribution in [0.15, 0.2) is 194 Å². The van der Waals surface area contributed by atoms with E-state index >= 15 is 0 Å². The average Bonchev–Trinajstić information content (AvgIpc) is 3.95. The smallest absolute Gasteiger partial charge is 0.144 e. The van der Waals surface area contributed by atoms with E-state index in [0.717, 1.165) is 100 Å². The number of benzene rings is 8. The van der Waals surface area contributed by atoms with Gasteiger partial charge in [0.05, 0.1) is 11.6 Å². The molecule has 0 aliphatic carbocycles. The molecule has 0 atom stereocenters. The van der Waals surface area contributed by atoms with Crippen molar-refractivity contribution < 1.29 is 21.1 Å². The molecule has 0 saturated heterocycles. The van der Waals surface area contributed by atoms with Crippen LogP contribution in [0.4, 0.5) is 22.7 Å². The van der Waals surface area contributed by atoms with E-state index in [-0.39, 0.29) is 26.5 Å². The Labute approximate surface area is 429 Å². The van der Waals surface area contributed by atoms with E-state index < -0.39 is 0 Å². The Morgan fingerprint density at radius 3 is 1.76 bits per heavy atom. The molecular weight excluding hydrogens is 1050 g/mol. The zero-order valence-corrected chi connectivity index (χ0v) is 42.3. The fourth-order valence-electron chi connectivity index (χ4n) is 9.88. The first-order valence-corrected chi connectivity index (χ1v) is 23.7. The van der Waals surface area contributed by atoms with Crippen molar-refractivity contribution in [2.24, 2.45) is 0 Å². The van der Waals surface area contributed by atoms with Gasteiger partial charge in [0.25, 0.3) is 0 Å². The quantitative estimate of drug-likeness (QED) is 0.141. The Bertz CT molecular complexity index is 3700. The summed E-state index contributed by atoms with van der Waals surface area (Å²) in [7, 11) is 0. The van der Waals surface area contributed by atoms with Crippen LogP contribution in [0.25, 0.3) is 84.0 Å². The van der Waals surface area contributed by atoms with Gasteiger partial charge in [-0.05, 0) is 88.3 Å². The molecule has 1 aliphatic heterocycles. The standard InChI is InChI=1S/C63H48N7.Pt/c1-41-19-16-20-42(2)58(41)62-66-60(65-61(67-62)46-33-34-52-51-27-12-13-30-53(51)70(56(52)38-46)57-39-47(35-36-64-57)63(3,4)5)45-25-17-26-48(37-45)68-40-69(55-32-15-14-31-54(55)68)59-49(43-21-8-6-9-22-43)28-18-29-50(59)44-23-10-7-11-24-44;/h6-36,39-40H,1-5H3;/q-3;. The molecule has 11 aromatic rings. The maximum Gasteiger partial charge on any atom is 0.144 e. The number of rotatable bonds is 8. The normalized spacial score (nSPS) is 12.4. The Hall–Kier alpha value is -7.99. The maximum absolute atomic E-state index is 5.28. The van der Waals surface area contributed by atoms with Gasteiger partial charge >= 0.3 is 0 Å². The summed E-state index contributed by atoms with van der Waals surface area (Å²) in [5, 5.41) is 2.20. The minimum absolute atomic E-state index is 0. The first-order valence-electron chi connectivity index (χ1n) is 23.7. The molecule has 0 unspecified atom stereocenters. The van der Waals surface area contributed by atoms with Gasteiger partial charge in [0, 0.05) is 66.5 Å². The first kappa shape index (κ1) is 45.5.